The third-order valence-corrected chi connectivity index (χ3v) is 2.58. The SMILES string of the molecule is CCC(C)c1noc(-c2ccncc2N)n1. The van der Waals surface area contributed by atoms with Gasteiger partial charge in [0.2, 0.25) is 0 Å². The van der Waals surface area contributed by atoms with Gasteiger partial charge in [-0.3, -0.25) is 4.98 Å². The van der Waals surface area contributed by atoms with Crippen LogP contribution < -0.4 is 5.73 Å². The first-order valence-electron chi connectivity index (χ1n) is 5.25. The van der Waals surface area contributed by atoms with Crippen LogP contribution in [0.5, 0.6) is 0 Å². The maximum Gasteiger partial charge on any atom is 0.260 e. The van der Waals surface area contributed by atoms with Gasteiger partial charge in [0.1, 0.15) is 0 Å². The van der Waals surface area contributed by atoms with Crippen molar-refractivity contribution in [2.45, 2.75) is 26.2 Å². The number of pyridine rings is 1. The lowest BCUT2D eigenvalue weighted by atomic mass is 10.1. The highest BCUT2D eigenvalue weighted by Crippen LogP contribution is 2.25. The highest BCUT2D eigenvalue weighted by molar-refractivity contribution is 5.68. The van der Waals surface area contributed by atoms with Crippen LogP contribution in [0.3, 0.4) is 0 Å². The Morgan fingerprint density at radius 1 is 1.50 bits per heavy atom. The van der Waals surface area contributed by atoms with E-state index in [2.05, 4.69) is 29.0 Å². The summed E-state index contributed by atoms with van der Waals surface area (Å²) in [7, 11) is 0. The smallest absolute Gasteiger partial charge is 0.260 e. The first-order valence-corrected chi connectivity index (χ1v) is 5.25. The topological polar surface area (TPSA) is 77.8 Å². The zero-order chi connectivity index (χ0) is 11.5. The summed E-state index contributed by atoms with van der Waals surface area (Å²) in [5, 5.41) is 3.94. The summed E-state index contributed by atoms with van der Waals surface area (Å²) in [6.45, 7) is 4.14. The van der Waals surface area contributed by atoms with Crippen molar-refractivity contribution in [3.63, 3.8) is 0 Å². The minimum atomic E-state index is 0.292. The molecule has 16 heavy (non-hydrogen) atoms. The Bertz CT molecular complexity index is 480. The molecule has 2 aromatic heterocycles. The predicted octanol–water partition coefficient (Wildman–Crippen LogP) is 2.23. The van der Waals surface area contributed by atoms with E-state index in [0.29, 0.717) is 23.3 Å². The van der Waals surface area contributed by atoms with Crippen molar-refractivity contribution < 1.29 is 4.52 Å². The molecule has 2 heterocycles. The van der Waals surface area contributed by atoms with Crippen LogP contribution in [-0.2, 0) is 0 Å². The summed E-state index contributed by atoms with van der Waals surface area (Å²) in [4.78, 5) is 8.24. The number of anilines is 1. The molecule has 5 nitrogen and oxygen atoms in total. The van der Waals surface area contributed by atoms with E-state index in [9.17, 15) is 0 Å². The lowest BCUT2D eigenvalue weighted by molar-refractivity contribution is 0.416. The fourth-order valence-corrected chi connectivity index (χ4v) is 1.33. The van der Waals surface area contributed by atoms with E-state index in [-0.39, 0.29) is 0 Å². The molecule has 0 aliphatic carbocycles. The minimum absolute atomic E-state index is 0.292. The first kappa shape index (κ1) is 10.6. The first-order chi connectivity index (χ1) is 7.72. The zero-order valence-corrected chi connectivity index (χ0v) is 9.34. The summed E-state index contributed by atoms with van der Waals surface area (Å²) in [5.41, 5.74) is 7.06. The number of rotatable bonds is 3. The van der Waals surface area contributed by atoms with Gasteiger partial charge in [0.25, 0.3) is 5.89 Å². The molecule has 0 saturated heterocycles. The van der Waals surface area contributed by atoms with Gasteiger partial charge < -0.3 is 10.3 Å². The van der Waals surface area contributed by atoms with Gasteiger partial charge in [-0.1, -0.05) is 19.0 Å². The average Bonchev–Trinajstić information content (AvgIpc) is 2.78. The molecule has 5 heteroatoms. The molecule has 2 N–H and O–H groups in total. The molecule has 2 rings (SSSR count). The third-order valence-electron chi connectivity index (χ3n) is 2.58. The minimum Gasteiger partial charge on any atom is -0.397 e. The molecule has 0 saturated carbocycles. The van der Waals surface area contributed by atoms with E-state index in [1.165, 1.54) is 0 Å². The Morgan fingerprint density at radius 3 is 3.00 bits per heavy atom. The number of hydrogen-bond acceptors (Lipinski definition) is 5. The van der Waals surface area contributed by atoms with Crippen LogP contribution in [-0.4, -0.2) is 15.1 Å². The average molecular weight is 218 g/mol. The van der Waals surface area contributed by atoms with Crippen LogP contribution in [0.4, 0.5) is 5.69 Å². The highest BCUT2D eigenvalue weighted by Gasteiger charge is 2.14. The van der Waals surface area contributed by atoms with Crippen molar-refractivity contribution in [1.29, 1.82) is 0 Å². The van der Waals surface area contributed by atoms with Gasteiger partial charge in [-0.2, -0.15) is 4.98 Å². The fourth-order valence-electron chi connectivity index (χ4n) is 1.33. The third kappa shape index (κ3) is 1.88. The Kier molecular flexibility index (Phi) is 2.85. The van der Waals surface area contributed by atoms with E-state index in [0.717, 1.165) is 12.0 Å². The Hall–Kier alpha value is -1.91. The van der Waals surface area contributed by atoms with Crippen LogP contribution >= 0.6 is 0 Å². The van der Waals surface area contributed by atoms with Gasteiger partial charge in [0, 0.05) is 12.1 Å². The van der Waals surface area contributed by atoms with E-state index in [4.69, 9.17) is 10.3 Å². The lowest BCUT2D eigenvalue weighted by Gasteiger charge is -1.99. The maximum absolute atomic E-state index is 5.78. The van der Waals surface area contributed by atoms with Crippen LogP contribution in [0.25, 0.3) is 11.5 Å². The van der Waals surface area contributed by atoms with Crippen molar-refractivity contribution in [1.82, 2.24) is 15.1 Å². The van der Waals surface area contributed by atoms with E-state index in [1.54, 1.807) is 18.5 Å². The summed E-state index contributed by atoms with van der Waals surface area (Å²) < 4.78 is 5.19. The standard InChI is InChI=1S/C11H14N4O/c1-3-7(2)10-14-11(16-15-10)8-4-5-13-6-9(8)12/h4-7H,3,12H2,1-2H3. The molecule has 84 valence electrons. The molecule has 0 fully saturated rings. The molecule has 0 aliphatic rings. The largest absolute Gasteiger partial charge is 0.397 e. The molecule has 0 amide bonds. The number of nitrogens with zero attached hydrogens (tertiary/aromatic N) is 3. The van der Waals surface area contributed by atoms with E-state index < -0.39 is 0 Å². The van der Waals surface area contributed by atoms with Crippen LogP contribution in [0, 0.1) is 0 Å². The van der Waals surface area contributed by atoms with E-state index in [1.807, 2.05) is 0 Å². The molecule has 1 unspecified atom stereocenters. The number of aromatic nitrogens is 3. The van der Waals surface area contributed by atoms with E-state index >= 15 is 0 Å². The molecule has 0 spiro atoms. The second-order valence-electron chi connectivity index (χ2n) is 3.73. The van der Waals surface area contributed by atoms with Crippen molar-refractivity contribution in [3.8, 4) is 11.5 Å². The van der Waals surface area contributed by atoms with Gasteiger partial charge in [-0.05, 0) is 12.5 Å². The molecule has 0 aliphatic heterocycles. The van der Waals surface area contributed by atoms with Crippen LogP contribution in [0.1, 0.15) is 32.0 Å². The lowest BCUT2D eigenvalue weighted by Crippen LogP contribution is -1.94. The highest BCUT2D eigenvalue weighted by atomic mass is 16.5. The zero-order valence-electron chi connectivity index (χ0n) is 9.34. The number of nitrogen functional groups attached to an aromatic ring is 1. The molecule has 1 atom stereocenters. The van der Waals surface area contributed by atoms with Gasteiger partial charge in [-0.15, -0.1) is 0 Å². The van der Waals surface area contributed by atoms with Crippen LogP contribution in [0.15, 0.2) is 23.0 Å². The molecular formula is C11H14N4O. The number of hydrogen-bond donors (Lipinski definition) is 1. The second-order valence-corrected chi connectivity index (χ2v) is 3.73. The van der Waals surface area contributed by atoms with Crippen molar-refractivity contribution in [2.75, 3.05) is 5.73 Å². The quantitative estimate of drug-likeness (QED) is 0.854. The summed E-state index contributed by atoms with van der Waals surface area (Å²) in [6, 6.07) is 1.77. The molecule has 2 aromatic rings. The van der Waals surface area contributed by atoms with Gasteiger partial charge in [0.15, 0.2) is 5.82 Å². The summed E-state index contributed by atoms with van der Waals surface area (Å²) in [5.74, 6) is 1.46. The molecule has 0 bridgehead atoms. The van der Waals surface area contributed by atoms with Crippen molar-refractivity contribution in [3.05, 3.63) is 24.3 Å². The molecule has 0 aromatic carbocycles. The van der Waals surface area contributed by atoms with Gasteiger partial charge in [-0.25, -0.2) is 0 Å². The maximum atomic E-state index is 5.78. The van der Waals surface area contributed by atoms with Crippen molar-refractivity contribution in [2.24, 2.45) is 0 Å². The van der Waals surface area contributed by atoms with Gasteiger partial charge >= 0.3 is 0 Å². The fraction of sp³-hybridized carbons (Fsp3) is 0.364. The van der Waals surface area contributed by atoms with Gasteiger partial charge in [0.05, 0.1) is 17.4 Å². The normalized spacial score (nSPS) is 12.6. The van der Waals surface area contributed by atoms with Crippen LogP contribution in [0.2, 0.25) is 0 Å². The summed E-state index contributed by atoms with van der Waals surface area (Å²) in [6.07, 6.45) is 4.20. The number of nitrogens with two attached hydrogens (primary N) is 1. The second kappa shape index (κ2) is 4.30. The summed E-state index contributed by atoms with van der Waals surface area (Å²) >= 11 is 0. The Morgan fingerprint density at radius 2 is 2.31 bits per heavy atom. The Labute approximate surface area is 93.7 Å². The predicted molar refractivity (Wildman–Crippen MR) is 60.6 cm³/mol. The molecule has 0 radical (unpaired) electrons. The molecular weight excluding hydrogens is 204 g/mol. The Balaban J connectivity index is 2.35. The van der Waals surface area contributed by atoms with Crippen molar-refractivity contribution >= 4 is 5.69 Å². The monoisotopic (exact) mass is 218 g/mol.